The Balaban J connectivity index is 1.69. The average Bonchev–Trinajstić information content (AvgIpc) is 3.12. The molecule has 1 spiro atoms. The normalized spacial score (nSPS) is 25.7. The summed E-state index contributed by atoms with van der Waals surface area (Å²) < 4.78 is 0.672. The van der Waals surface area contributed by atoms with E-state index in [9.17, 15) is 14.4 Å². The van der Waals surface area contributed by atoms with E-state index in [1.54, 1.807) is 11.0 Å². The maximum atomic E-state index is 13.0. The minimum atomic E-state index is -0.825. The van der Waals surface area contributed by atoms with Crippen LogP contribution in [0.4, 0.5) is 4.79 Å². The fourth-order valence-corrected chi connectivity index (χ4v) is 4.98. The summed E-state index contributed by atoms with van der Waals surface area (Å²) in [6, 6.07) is 3.23. The van der Waals surface area contributed by atoms with Gasteiger partial charge >= 0.3 is 6.03 Å². The Morgan fingerprint density at radius 1 is 1.42 bits per heavy atom. The lowest BCUT2D eigenvalue weighted by Gasteiger charge is -2.36. The molecule has 26 heavy (non-hydrogen) atoms. The van der Waals surface area contributed by atoms with Crippen molar-refractivity contribution in [3.8, 4) is 0 Å². The molecule has 1 saturated heterocycles. The van der Waals surface area contributed by atoms with Crippen LogP contribution in [0.1, 0.15) is 44.4 Å². The Hall–Kier alpha value is -1.60. The Morgan fingerprint density at radius 3 is 2.81 bits per heavy atom. The molecule has 6 nitrogen and oxygen atoms in total. The molecular weight excluding hydrogens is 374 g/mol. The molecule has 1 aliphatic heterocycles. The molecule has 142 valence electrons. The maximum absolute atomic E-state index is 13.0. The smallest absolute Gasteiger partial charge is 0.325 e. The number of nitrogens with zero attached hydrogens (tertiary/aromatic N) is 2. The quantitative estimate of drug-likeness (QED) is 0.775. The number of halogens is 1. The first-order valence-electron chi connectivity index (χ1n) is 9.03. The van der Waals surface area contributed by atoms with Crippen molar-refractivity contribution in [1.29, 1.82) is 0 Å². The van der Waals surface area contributed by atoms with Crippen molar-refractivity contribution in [3.05, 3.63) is 21.3 Å². The second kappa shape index (κ2) is 7.56. The summed E-state index contributed by atoms with van der Waals surface area (Å²) in [4.78, 5) is 41.8. The van der Waals surface area contributed by atoms with Gasteiger partial charge in [-0.1, -0.05) is 31.4 Å². The standard InChI is InChI=1S/C18H24ClN3O3S/c1-3-21(10-13-7-8-14(19)26-13)15(23)11-22-16(24)18(20-17(22)25)9-5-4-6-12(18)2/h7-8,12H,3-6,9-11H2,1-2H3,(H,20,25)/t12-,18-/m0/s1. The van der Waals surface area contributed by atoms with Gasteiger partial charge in [-0.15, -0.1) is 11.3 Å². The Bertz CT molecular complexity index is 722. The summed E-state index contributed by atoms with van der Waals surface area (Å²) in [5.74, 6) is -0.400. The minimum absolute atomic E-state index is 0.0864. The predicted molar refractivity (Wildman–Crippen MR) is 101 cm³/mol. The molecule has 3 rings (SSSR count). The van der Waals surface area contributed by atoms with Gasteiger partial charge in [-0.05, 0) is 37.8 Å². The van der Waals surface area contributed by atoms with Crippen LogP contribution in [0.3, 0.4) is 0 Å². The van der Waals surface area contributed by atoms with Gasteiger partial charge in [0.25, 0.3) is 5.91 Å². The largest absolute Gasteiger partial charge is 0.336 e. The van der Waals surface area contributed by atoms with Crippen molar-refractivity contribution in [3.63, 3.8) is 0 Å². The number of nitrogens with one attached hydrogen (secondary N) is 1. The van der Waals surface area contributed by atoms with E-state index in [0.717, 1.165) is 29.0 Å². The highest BCUT2D eigenvalue weighted by molar-refractivity contribution is 7.16. The second-order valence-corrected chi connectivity index (χ2v) is 8.85. The third-order valence-corrected chi connectivity index (χ3v) is 6.72. The Kier molecular flexibility index (Phi) is 5.58. The van der Waals surface area contributed by atoms with Crippen LogP contribution >= 0.6 is 22.9 Å². The number of rotatable bonds is 5. The van der Waals surface area contributed by atoms with E-state index in [-0.39, 0.29) is 24.3 Å². The van der Waals surface area contributed by atoms with Crippen molar-refractivity contribution >= 4 is 40.8 Å². The average molecular weight is 398 g/mol. The van der Waals surface area contributed by atoms with E-state index < -0.39 is 11.6 Å². The van der Waals surface area contributed by atoms with Gasteiger partial charge < -0.3 is 10.2 Å². The number of hydrogen-bond acceptors (Lipinski definition) is 4. The van der Waals surface area contributed by atoms with E-state index in [1.807, 2.05) is 19.9 Å². The number of urea groups is 1. The van der Waals surface area contributed by atoms with Crippen LogP contribution in [0, 0.1) is 5.92 Å². The van der Waals surface area contributed by atoms with Crippen molar-refractivity contribution in [2.75, 3.05) is 13.1 Å². The summed E-state index contributed by atoms with van der Waals surface area (Å²) in [7, 11) is 0. The van der Waals surface area contributed by atoms with Crippen LogP contribution in [0.25, 0.3) is 0 Å². The van der Waals surface area contributed by atoms with Gasteiger partial charge in [-0.2, -0.15) is 0 Å². The van der Waals surface area contributed by atoms with Crippen LogP contribution < -0.4 is 5.32 Å². The van der Waals surface area contributed by atoms with Gasteiger partial charge in [0.05, 0.1) is 10.9 Å². The third-order valence-electron chi connectivity index (χ3n) is 5.50. The van der Waals surface area contributed by atoms with Crippen molar-refractivity contribution in [2.24, 2.45) is 5.92 Å². The lowest BCUT2D eigenvalue weighted by atomic mass is 9.73. The zero-order chi connectivity index (χ0) is 18.9. The molecular formula is C18H24ClN3O3S. The van der Waals surface area contributed by atoms with Crippen LogP contribution in [0.5, 0.6) is 0 Å². The number of likely N-dealkylation sites (N-methyl/N-ethyl adjacent to an activating group) is 1. The molecule has 0 radical (unpaired) electrons. The van der Waals surface area contributed by atoms with Crippen LogP contribution in [-0.2, 0) is 16.1 Å². The Labute approximate surface area is 162 Å². The molecule has 2 aliphatic rings. The van der Waals surface area contributed by atoms with Gasteiger partial charge in [0.15, 0.2) is 0 Å². The molecule has 0 bridgehead atoms. The lowest BCUT2D eigenvalue weighted by molar-refractivity contribution is -0.140. The molecule has 1 aromatic heterocycles. The number of amides is 4. The monoisotopic (exact) mass is 397 g/mol. The summed E-state index contributed by atoms with van der Waals surface area (Å²) in [6.45, 7) is 4.59. The van der Waals surface area contributed by atoms with Crippen LogP contribution in [0.2, 0.25) is 4.34 Å². The van der Waals surface area contributed by atoms with Crippen molar-refractivity contribution in [2.45, 2.75) is 51.6 Å². The summed E-state index contributed by atoms with van der Waals surface area (Å²) in [5, 5.41) is 2.89. The molecule has 8 heteroatoms. The fraction of sp³-hybridized carbons (Fsp3) is 0.611. The molecule has 1 aliphatic carbocycles. The van der Waals surface area contributed by atoms with Gasteiger partial charge in [-0.25, -0.2) is 4.79 Å². The highest BCUT2D eigenvalue weighted by Crippen LogP contribution is 2.38. The van der Waals surface area contributed by atoms with Crippen molar-refractivity contribution < 1.29 is 14.4 Å². The fourth-order valence-electron chi connectivity index (χ4n) is 3.88. The van der Waals surface area contributed by atoms with Crippen LogP contribution in [0.15, 0.2) is 12.1 Å². The van der Waals surface area contributed by atoms with E-state index in [0.29, 0.717) is 23.8 Å². The SMILES string of the molecule is CCN(Cc1ccc(Cl)s1)C(=O)CN1C(=O)N[C@]2(CCCC[C@@H]2C)C1=O. The first-order chi connectivity index (χ1) is 12.4. The lowest BCUT2D eigenvalue weighted by Crippen LogP contribution is -2.54. The van der Waals surface area contributed by atoms with Crippen LogP contribution in [-0.4, -0.2) is 46.3 Å². The molecule has 0 unspecified atom stereocenters. The molecule has 2 heterocycles. The van der Waals surface area contributed by atoms with E-state index in [1.165, 1.54) is 11.3 Å². The topological polar surface area (TPSA) is 69.7 Å². The summed E-state index contributed by atoms with van der Waals surface area (Å²) in [5.41, 5.74) is -0.825. The molecule has 1 N–H and O–H groups in total. The van der Waals surface area contributed by atoms with Gasteiger partial charge in [0.1, 0.15) is 12.1 Å². The summed E-state index contributed by atoms with van der Waals surface area (Å²) in [6.07, 6.45) is 3.54. The Morgan fingerprint density at radius 2 is 2.19 bits per heavy atom. The zero-order valence-electron chi connectivity index (χ0n) is 15.1. The van der Waals surface area contributed by atoms with E-state index in [2.05, 4.69) is 5.32 Å². The molecule has 2 fully saturated rings. The highest BCUT2D eigenvalue weighted by Gasteiger charge is 2.55. The molecule has 2 atom stereocenters. The first kappa shape index (κ1) is 19.2. The molecule has 0 aromatic carbocycles. The number of carbonyl (C=O) groups is 3. The van der Waals surface area contributed by atoms with E-state index in [4.69, 9.17) is 11.6 Å². The third kappa shape index (κ3) is 3.47. The number of imide groups is 1. The number of thiophene rings is 1. The van der Waals surface area contributed by atoms with E-state index >= 15 is 0 Å². The van der Waals surface area contributed by atoms with Gasteiger partial charge in [-0.3, -0.25) is 14.5 Å². The highest BCUT2D eigenvalue weighted by atomic mass is 35.5. The minimum Gasteiger partial charge on any atom is -0.336 e. The summed E-state index contributed by atoms with van der Waals surface area (Å²) >= 11 is 7.37. The second-order valence-electron chi connectivity index (χ2n) is 7.05. The molecule has 1 aromatic rings. The van der Waals surface area contributed by atoms with Crippen molar-refractivity contribution in [1.82, 2.24) is 15.1 Å². The predicted octanol–water partition coefficient (Wildman–Crippen LogP) is 3.25. The van der Waals surface area contributed by atoms with Gasteiger partial charge in [0.2, 0.25) is 5.91 Å². The maximum Gasteiger partial charge on any atom is 0.325 e. The number of hydrogen-bond donors (Lipinski definition) is 1. The van der Waals surface area contributed by atoms with Gasteiger partial charge in [0, 0.05) is 11.4 Å². The molecule has 1 saturated carbocycles. The zero-order valence-corrected chi connectivity index (χ0v) is 16.7. The molecule has 4 amide bonds. The first-order valence-corrected chi connectivity index (χ1v) is 10.2. The number of carbonyl (C=O) groups excluding carboxylic acids is 3.